The second-order valence-corrected chi connectivity index (χ2v) is 10.3. The van der Waals surface area contributed by atoms with Crippen LogP contribution in [0.4, 0.5) is 15.8 Å². The zero-order valence-corrected chi connectivity index (χ0v) is 17.4. The molecule has 0 saturated heterocycles. The standard InChI is InChI=1S/C26H29FN2O/c27-22-3-1-17(2-4-22)16-29-8-7-21-12-23(5-6-24(21)29)28-25(30)26-13-18-9-19(14-26)11-20(10-18)15-26/h1-6,12,18-20H,7-11,13-16H2,(H,28,30). The molecule has 4 heteroatoms. The Morgan fingerprint density at radius 3 is 2.33 bits per heavy atom. The number of anilines is 2. The zero-order chi connectivity index (χ0) is 20.3. The molecule has 3 nitrogen and oxygen atoms in total. The molecule has 0 radical (unpaired) electrons. The minimum absolute atomic E-state index is 0.109. The number of rotatable bonds is 4. The summed E-state index contributed by atoms with van der Waals surface area (Å²) < 4.78 is 13.2. The van der Waals surface area contributed by atoms with Gasteiger partial charge in [-0.2, -0.15) is 0 Å². The molecule has 4 aliphatic carbocycles. The van der Waals surface area contributed by atoms with E-state index in [1.807, 2.05) is 12.1 Å². The monoisotopic (exact) mass is 404 g/mol. The smallest absolute Gasteiger partial charge is 0.230 e. The van der Waals surface area contributed by atoms with Crippen molar-refractivity contribution in [3.8, 4) is 0 Å². The summed E-state index contributed by atoms with van der Waals surface area (Å²) in [6.45, 7) is 1.74. The van der Waals surface area contributed by atoms with Crippen LogP contribution < -0.4 is 10.2 Å². The molecule has 1 aliphatic heterocycles. The van der Waals surface area contributed by atoms with Gasteiger partial charge in [-0.25, -0.2) is 4.39 Å². The first kappa shape index (κ1) is 18.4. The summed E-state index contributed by atoms with van der Waals surface area (Å²) in [5, 5.41) is 3.30. The van der Waals surface area contributed by atoms with E-state index in [-0.39, 0.29) is 17.1 Å². The molecule has 4 bridgehead atoms. The number of nitrogens with one attached hydrogen (secondary N) is 1. The SMILES string of the molecule is O=C(Nc1ccc2c(c1)CCN2Cc1ccc(F)cc1)C12CC3CC(CC(C3)C1)C2. The second-order valence-electron chi connectivity index (χ2n) is 10.3. The van der Waals surface area contributed by atoms with Crippen LogP contribution in [-0.4, -0.2) is 12.5 Å². The van der Waals surface area contributed by atoms with Gasteiger partial charge in [-0.1, -0.05) is 12.1 Å². The number of halogens is 1. The molecule has 1 N–H and O–H groups in total. The molecule has 2 aromatic rings. The molecule has 2 aromatic carbocycles. The van der Waals surface area contributed by atoms with Gasteiger partial charge in [0.05, 0.1) is 5.41 Å². The predicted octanol–water partition coefficient (Wildman–Crippen LogP) is 5.54. The number of carbonyl (C=O) groups is 1. The van der Waals surface area contributed by atoms with Crippen molar-refractivity contribution in [2.45, 2.75) is 51.5 Å². The fourth-order valence-corrected chi connectivity index (χ4v) is 7.17. The van der Waals surface area contributed by atoms with E-state index in [0.29, 0.717) is 0 Å². The lowest BCUT2D eigenvalue weighted by molar-refractivity contribution is -0.140. The normalized spacial score (nSPS) is 31.1. The van der Waals surface area contributed by atoms with E-state index in [9.17, 15) is 9.18 Å². The summed E-state index contributed by atoms with van der Waals surface area (Å²) in [4.78, 5) is 15.7. The lowest BCUT2D eigenvalue weighted by Crippen LogP contribution is -2.51. The van der Waals surface area contributed by atoms with Gasteiger partial charge in [0.15, 0.2) is 0 Å². The third-order valence-electron chi connectivity index (χ3n) is 8.14. The first-order valence-corrected chi connectivity index (χ1v) is 11.5. The number of carbonyl (C=O) groups excluding carboxylic acids is 1. The quantitative estimate of drug-likeness (QED) is 0.725. The van der Waals surface area contributed by atoms with Crippen LogP contribution in [0.3, 0.4) is 0 Å². The first-order chi connectivity index (χ1) is 14.6. The Hall–Kier alpha value is -2.36. The van der Waals surface area contributed by atoms with Gasteiger partial charge in [0.25, 0.3) is 0 Å². The average molecular weight is 405 g/mol. The van der Waals surface area contributed by atoms with Gasteiger partial charge in [-0.3, -0.25) is 4.79 Å². The van der Waals surface area contributed by atoms with E-state index < -0.39 is 0 Å². The molecule has 1 amide bonds. The fraction of sp³-hybridized carbons (Fsp3) is 0.500. The van der Waals surface area contributed by atoms with Crippen molar-refractivity contribution >= 4 is 17.3 Å². The van der Waals surface area contributed by atoms with Crippen molar-refractivity contribution in [1.29, 1.82) is 0 Å². The molecule has 4 fully saturated rings. The highest BCUT2D eigenvalue weighted by Crippen LogP contribution is 2.60. The Balaban J connectivity index is 1.17. The summed E-state index contributed by atoms with van der Waals surface area (Å²) in [7, 11) is 0. The first-order valence-electron chi connectivity index (χ1n) is 11.5. The van der Waals surface area contributed by atoms with Crippen LogP contribution in [0.2, 0.25) is 0 Å². The Morgan fingerprint density at radius 1 is 1.00 bits per heavy atom. The Bertz CT molecular complexity index is 948. The minimum atomic E-state index is -0.194. The van der Waals surface area contributed by atoms with Crippen LogP contribution in [0.15, 0.2) is 42.5 Å². The molecule has 0 atom stereocenters. The third kappa shape index (κ3) is 3.12. The minimum Gasteiger partial charge on any atom is -0.367 e. The Labute approximate surface area is 177 Å². The number of fused-ring (bicyclic) bond motifs is 1. The van der Waals surface area contributed by atoms with Crippen LogP contribution in [0.25, 0.3) is 0 Å². The third-order valence-corrected chi connectivity index (χ3v) is 8.14. The molecule has 156 valence electrons. The average Bonchev–Trinajstić information content (AvgIpc) is 3.11. The van der Waals surface area contributed by atoms with E-state index in [1.165, 1.54) is 42.6 Å². The van der Waals surface area contributed by atoms with E-state index in [0.717, 1.165) is 67.8 Å². The number of amides is 1. The largest absolute Gasteiger partial charge is 0.367 e. The van der Waals surface area contributed by atoms with E-state index in [1.54, 1.807) is 0 Å². The maximum Gasteiger partial charge on any atom is 0.230 e. The Morgan fingerprint density at radius 2 is 1.67 bits per heavy atom. The molecule has 0 unspecified atom stereocenters. The van der Waals surface area contributed by atoms with Crippen molar-refractivity contribution in [3.05, 3.63) is 59.4 Å². The van der Waals surface area contributed by atoms with Gasteiger partial charge >= 0.3 is 0 Å². The fourth-order valence-electron chi connectivity index (χ4n) is 7.17. The number of benzene rings is 2. The molecule has 1 heterocycles. The summed E-state index contributed by atoms with van der Waals surface area (Å²) in [5.74, 6) is 2.41. The van der Waals surface area contributed by atoms with Crippen LogP contribution in [0.1, 0.15) is 49.7 Å². The van der Waals surface area contributed by atoms with Gasteiger partial charge in [-0.15, -0.1) is 0 Å². The van der Waals surface area contributed by atoms with Crippen molar-refractivity contribution in [2.24, 2.45) is 23.2 Å². The molecule has 5 aliphatic rings. The highest BCUT2D eigenvalue weighted by Gasteiger charge is 2.54. The van der Waals surface area contributed by atoms with Crippen molar-refractivity contribution in [3.63, 3.8) is 0 Å². The summed E-state index contributed by atoms with van der Waals surface area (Å²) in [5.41, 5.74) is 4.47. The van der Waals surface area contributed by atoms with Gasteiger partial charge in [0.1, 0.15) is 5.82 Å². The lowest BCUT2D eigenvalue weighted by Gasteiger charge is -2.55. The number of hydrogen-bond donors (Lipinski definition) is 1. The molecule has 0 aromatic heterocycles. The van der Waals surface area contributed by atoms with E-state index in [2.05, 4.69) is 28.4 Å². The van der Waals surface area contributed by atoms with Gasteiger partial charge in [0.2, 0.25) is 5.91 Å². The van der Waals surface area contributed by atoms with Crippen LogP contribution >= 0.6 is 0 Å². The summed E-state index contributed by atoms with van der Waals surface area (Å²) >= 11 is 0. The number of nitrogens with zero attached hydrogens (tertiary/aromatic N) is 1. The van der Waals surface area contributed by atoms with E-state index >= 15 is 0 Å². The van der Waals surface area contributed by atoms with Gasteiger partial charge in [0, 0.05) is 24.5 Å². The lowest BCUT2D eigenvalue weighted by atomic mass is 9.49. The topological polar surface area (TPSA) is 32.3 Å². The zero-order valence-electron chi connectivity index (χ0n) is 17.4. The van der Waals surface area contributed by atoms with E-state index in [4.69, 9.17) is 0 Å². The van der Waals surface area contributed by atoms with Gasteiger partial charge in [-0.05, 0) is 104 Å². The van der Waals surface area contributed by atoms with Gasteiger partial charge < -0.3 is 10.2 Å². The maximum atomic E-state index is 13.3. The molecule has 7 rings (SSSR count). The number of hydrogen-bond acceptors (Lipinski definition) is 2. The Kier molecular flexibility index (Phi) is 4.19. The van der Waals surface area contributed by atoms with Crippen LogP contribution in [-0.2, 0) is 17.8 Å². The molecule has 30 heavy (non-hydrogen) atoms. The van der Waals surface area contributed by atoms with Crippen LogP contribution in [0, 0.1) is 29.0 Å². The second kappa shape index (κ2) is 6.83. The van der Waals surface area contributed by atoms with Crippen LogP contribution in [0.5, 0.6) is 0 Å². The molecule has 4 saturated carbocycles. The molecular formula is C26H29FN2O. The predicted molar refractivity (Wildman–Crippen MR) is 117 cm³/mol. The summed E-state index contributed by atoms with van der Waals surface area (Å²) in [6, 6.07) is 13.1. The van der Waals surface area contributed by atoms with Crippen molar-refractivity contribution < 1.29 is 9.18 Å². The highest BCUT2D eigenvalue weighted by molar-refractivity contribution is 5.96. The highest BCUT2D eigenvalue weighted by atomic mass is 19.1. The van der Waals surface area contributed by atoms with Crippen molar-refractivity contribution in [1.82, 2.24) is 0 Å². The van der Waals surface area contributed by atoms with Crippen molar-refractivity contribution in [2.75, 3.05) is 16.8 Å². The summed E-state index contributed by atoms with van der Waals surface area (Å²) in [6.07, 6.45) is 8.35. The molecule has 0 spiro atoms. The molecular weight excluding hydrogens is 375 g/mol. The maximum absolute atomic E-state index is 13.3.